The van der Waals surface area contributed by atoms with Gasteiger partial charge < -0.3 is 36.4 Å². The molecule has 2 aromatic rings. The van der Waals surface area contributed by atoms with Gasteiger partial charge in [0, 0.05) is 34.9 Å². The molecule has 2 aromatic carbocycles. The van der Waals surface area contributed by atoms with Crippen LogP contribution in [0.15, 0.2) is 40.9 Å². The van der Waals surface area contributed by atoms with Crippen molar-refractivity contribution in [1.29, 1.82) is 0 Å². The third-order valence-corrected chi connectivity index (χ3v) is 6.22. The first-order valence-electron chi connectivity index (χ1n) is 11.9. The number of hydrogen-bond acceptors (Lipinski definition) is 9. The molecule has 0 bridgehead atoms. The molecule has 0 spiro atoms. The van der Waals surface area contributed by atoms with Crippen molar-refractivity contribution in [3.05, 3.63) is 57.6 Å². The highest BCUT2D eigenvalue weighted by molar-refractivity contribution is 9.10. The predicted octanol–water partition coefficient (Wildman–Crippen LogP) is 0.693. The lowest BCUT2D eigenvalue weighted by Gasteiger charge is -2.29. The molecule has 1 heterocycles. The maximum absolute atomic E-state index is 12.7. The average Bonchev–Trinajstić information content (AvgIpc) is 2.82. The molecule has 1 saturated heterocycles. The molecule has 9 N–H and O–H groups in total. The lowest BCUT2D eigenvalue weighted by Crippen LogP contribution is -2.58. The number of amides is 2. The average molecular weight is 594 g/mol. The van der Waals surface area contributed by atoms with E-state index in [1.165, 1.54) is 18.2 Å². The summed E-state index contributed by atoms with van der Waals surface area (Å²) in [6, 6.07) is 8.22. The number of nitrogens with one attached hydrogen (secondary N) is 5. The minimum atomic E-state index is -1.19. The molecule has 1 atom stereocenters. The molecular formula is C25H32BrN5O7. The second-order valence-corrected chi connectivity index (χ2v) is 10.5. The van der Waals surface area contributed by atoms with Gasteiger partial charge in [-0.3, -0.25) is 25.0 Å². The monoisotopic (exact) mass is 593 g/mol. The Kier molecular flexibility index (Phi) is 9.68. The number of aliphatic hydroxyl groups excluding tert-OH is 1. The van der Waals surface area contributed by atoms with Crippen LogP contribution in [0.5, 0.6) is 5.75 Å². The molecule has 38 heavy (non-hydrogen) atoms. The maximum Gasteiger partial charge on any atom is 0.305 e. The summed E-state index contributed by atoms with van der Waals surface area (Å²) in [4.78, 5) is 36.8. The Balaban J connectivity index is 1.65. The van der Waals surface area contributed by atoms with Crippen molar-refractivity contribution in [1.82, 2.24) is 21.3 Å². The van der Waals surface area contributed by atoms with Crippen LogP contribution < -0.4 is 26.6 Å². The molecule has 1 fully saturated rings. The molecule has 1 aliphatic rings. The number of carbonyl (C=O) groups excluding carboxylic acids is 2. The molecule has 1 aliphatic heterocycles. The van der Waals surface area contributed by atoms with Crippen molar-refractivity contribution in [2.45, 2.75) is 44.3 Å². The van der Waals surface area contributed by atoms with Crippen LogP contribution in [-0.4, -0.2) is 70.2 Å². The number of carboxylic acid groups (broad SMARTS) is 1. The number of rotatable bonds is 10. The molecule has 0 aliphatic carbocycles. The number of carbonyl (C=O) groups is 3. The molecular weight excluding hydrogens is 562 g/mol. The number of aromatic hydroxyl groups is 1. The van der Waals surface area contributed by atoms with E-state index >= 15 is 0 Å². The summed E-state index contributed by atoms with van der Waals surface area (Å²) < 4.78 is 0.605. The standard InChI is InChI=1S/C25H32BrN5O7/c1-25(2,38)15-3-13(4-16(26)7-15)20(9-22(35)36)31-21(34)12-27-23(37)14-5-17(8-18(32)6-14)30-24-28-10-19(33)11-29-24/h3-8,19-20,24,28-30,32-33,38H,9-12H2,1-2H3,(H,27,37)(H,31,34)(H,35,36)/t19?,20-,24?/m0/s1. The maximum atomic E-state index is 12.7. The van der Waals surface area contributed by atoms with Crippen LogP contribution in [0.25, 0.3) is 0 Å². The van der Waals surface area contributed by atoms with E-state index in [2.05, 4.69) is 42.5 Å². The Morgan fingerprint density at radius 1 is 1.11 bits per heavy atom. The lowest BCUT2D eigenvalue weighted by atomic mass is 9.93. The number of phenols is 1. The van der Waals surface area contributed by atoms with E-state index in [1.54, 1.807) is 32.0 Å². The summed E-state index contributed by atoms with van der Waals surface area (Å²) in [5, 5.41) is 53.5. The summed E-state index contributed by atoms with van der Waals surface area (Å²) in [7, 11) is 0. The Morgan fingerprint density at radius 3 is 2.42 bits per heavy atom. The molecule has 13 heteroatoms. The first kappa shape index (κ1) is 29.3. The van der Waals surface area contributed by atoms with Gasteiger partial charge in [0.1, 0.15) is 12.0 Å². The smallest absolute Gasteiger partial charge is 0.305 e. The van der Waals surface area contributed by atoms with Gasteiger partial charge in [-0.15, -0.1) is 0 Å². The molecule has 0 saturated carbocycles. The van der Waals surface area contributed by atoms with Crippen LogP contribution >= 0.6 is 15.9 Å². The van der Waals surface area contributed by atoms with E-state index < -0.39 is 48.5 Å². The van der Waals surface area contributed by atoms with E-state index in [1.807, 2.05) is 0 Å². The largest absolute Gasteiger partial charge is 0.508 e. The van der Waals surface area contributed by atoms with Crippen LogP contribution in [0.2, 0.25) is 0 Å². The zero-order chi connectivity index (χ0) is 28.0. The van der Waals surface area contributed by atoms with Gasteiger partial charge >= 0.3 is 5.97 Å². The van der Waals surface area contributed by atoms with Gasteiger partial charge in [0.15, 0.2) is 0 Å². The summed E-state index contributed by atoms with van der Waals surface area (Å²) in [5.74, 6) is -2.55. The normalized spacial score (nSPS) is 18.3. The Labute approximate surface area is 228 Å². The number of aliphatic carboxylic acids is 1. The predicted molar refractivity (Wildman–Crippen MR) is 142 cm³/mol. The number of aliphatic hydroxyl groups is 2. The minimum Gasteiger partial charge on any atom is -0.508 e. The van der Waals surface area contributed by atoms with Crippen LogP contribution in [0.4, 0.5) is 5.69 Å². The SMILES string of the molecule is CC(C)(O)c1cc(Br)cc([C@H](CC(=O)O)NC(=O)CNC(=O)c2cc(O)cc(NC3NCC(O)CN3)c2)c1. The molecule has 0 aromatic heterocycles. The topological polar surface area (TPSA) is 192 Å². The summed E-state index contributed by atoms with van der Waals surface area (Å²) in [6.45, 7) is 3.48. The van der Waals surface area contributed by atoms with Crippen LogP contribution in [0.1, 0.15) is 47.8 Å². The molecule has 206 valence electrons. The molecule has 2 amide bonds. The van der Waals surface area contributed by atoms with E-state index in [4.69, 9.17) is 0 Å². The fourth-order valence-electron chi connectivity index (χ4n) is 3.85. The molecule has 0 unspecified atom stereocenters. The van der Waals surface area contributed by atoms with Crippen molar-refractivity contribution in [2.75, 3.05) is 25.0 Å². The van der Waals surface area contributed by atoms with Crippen molar-refractivity contribution in [2.24, 2.45) is 0 Å². The summed E-state index contributed by atoms with van der Waals surface area (Å²) in [5.41, 5.74) is 0.339. The number of hydrogen-bond donors (Lipinski definition) is 9. The molecule has 3 rings (SSSR count). The number of carboxylic acids is 1. The number of phenolic OH excluding ortho intramolecular Hbond substituents is 1. The highest BCUT2D eigenvalue weighted by Crippen LogP contribution is 2.29. The van der Waals surface area contributed by atoms with Gasteiger partial charge in [-0.05, 0) is 49.2 Å². The second kappa shape index (κ2) is 12.5. The van der Waals surface area contributed by atoms with Crippen LogP contribution in [0, 0.1) is 0 Å². The zero-order valence-corrected chi connectivity index (χ0v) is 22.5. The zero-order valence-electron chi connectivity index (χ0n) is 20.9. The van der Waals surface area contributed by atoms with Crippen molar-refractivity contribution in [3.8, 4) is 5.75 Å². The third-order valence-electron chi connectivity index (χ3n) is 5.76. The lowest BCUT2D eigenvalue weighted by molar-refractivity contribution is -0.137. The highest BCUT2D eigenvalue weighted by Gasteiger charge is 2.23. The number of anilines is 1. The van der Waals surface area contributed by atoms with Crippen LogP contribution in [0.3, 0.4) is 0 Å². The Morgan fingerprint density at radius 2 is 1.79 bits per heavy atom. The highest BCUT2D eigenvalue weighted by atomic mass is 79.9. The van der Waals surface area contributed by atoms with Gasteiger partial charge in [0.25, 0.3) is 5.91 Å². The van der Waals surface area contributed by atoms with Gasteiger partial charge in [-0.1, -0.05) is 22.0 Å². The van der Waals surface area contributed by atoms with E-state index in [0.717, 1.165) is 0 Å². The minimum absolute atomic E-state index is 0.0973. The van der Waals surface area contributed by atoms with Gasteiger partial charge in [0.05, 0.1) is 30.7 Å². The van der Waals surface area contributed by atoms with Gasteiger partial charge in [-0.2, -0.15) is 0 Å². The second-order valence-electron chi connectivity index (χ2n) is 9.55. The number of β-amino-alcohol motifs (C(OH)–C–C–N with tert-alkyl or cyclic N) is 1. The van der Waals surface area contributed by atoms with Crippen molar-refractivity contribution < 1.29 is 34.8 Å². The van der Waals surface area contributed by atoms with Crippen LogP contribution in [-0.2, 0) is 15.2 Å². The van der Waals surface area contributed by atoms with Gasteiger partial charge in [-0.25, -0.2) is 0 Å². The third kappa shape index (κ3) is 8.67. The number of benzene rings is 2. The Hall–Kier alpha value is -3.23. The van der Waals surface area contributed by atoms with E-state index in [9.17, 15) is 34.8 Å². The van der Waals surface area contributed by atoms with E-state index in [-0.39, 0.29) is 17.6 Å². The quantitative estimate of drug-likeness (QED) is 0.189. The van der Waals surface area contributed by atoms with Crippen molar-refractivity contribution >= 4 is 39.4 Å². The fraction of sp³-hybridized carbons (Fsp3) is 0.400. The van der Waals surface area contributed by atoms with Crippen molar-refractivity contribution in [3.63, 3.8) is 0 Å². The Bertz CT molecular complexity index is 1180. The first-order chi connectivity index (χ1) is 17.8. The fourth-order valence-corrected chi connectivity index (χ4v) is 4.36. The number of halogens is 1. The van der Waals surface area contributed by atoms with E-state index in [0.29, 0.717) is 34.4 Å². The first-order valence-corrected chi connectivity index (χ1v) is 12.7. The van der Waals surface area contributed by atoms with Gasteiger partial charge in [0.2, 0.25) is 5.91 Å². The summed E-state index contributed by atoms with van der Waals surface area (Å²) >= 11 is 3.35. The molecule has 0 radical (unpaired) electrons. The summed E-state index contributed by atoms with van der Waals surface area (Å²) in [6.07, 6.45) is -1.32. The molecule has 12 nitrogen and oxygen atoms in total.